The third-order valence-electron chi connectivity index (χ3n) is 2.50. The van der Waals surface area contributed by atoms with Gasteiger partial charge >= 0.3 is 0 Å². The molecule has 0 saturated carbocycles. The first-order valence-corrected chi connectivity index (χ1v) is 5.40. The van der Waals surface area contributed by atoms with E-state index in [-0.39, 0.29) is 6.10 Å². The van der Waals surface area contributed by atoms with E-state index in [1.54, 1.807) is 12.1 Å². The molecule has 0 fully saturated rings. The van der Waals surface area contributed by atoms with E-state index in [0.29, 0.717) is 17.4 Å². The van der Waals surface area contributed by atoms with Crippen molar-refractivity contribution in [2.75, 3.05) is 11.5 Å². The smallest absolute Gasteiger partial charge is 0.215 e. The predicted molar refractivity (Wildman–Crippen MR) is 68.5 cm³/mol. The summed E-state index contributed by atoms with van der Waals surface area (Å²) in [6, 6.07) is 13.3. The summed E-state index contributed by atoms with van der Waals surface area (Å²) in [6.07, 6.45) is -0.0771. The number of rotatable bonds is 3. The fourth-order valence-electron chi connectivity index (χ4n) is 1.51. The Morgan fingerprint density at radius 2 is 1.76 bits per heavy atom. The zero-order valence-corrected chi connectivity index (χ0v) is 9.63. The van der Waals surface area contributed by atoms with Crippen LogP contribution >= 0.6 is 0 Å². The molecule has 88 valence electrons. The molecule has 2 aromatic rings. The summed E-state index contributed by atoms with van der Waals surface area (Å²) in [5, 5.41) is 0. The van der Waals surface area contributed by atoms with Crippen LogP contribution in [-0.4, -0.2) is 4.98 Å². The maximum absolute atomic E-state index is 5.69. The van der Waals surface area contributed by atoms with Crippen LogP contribution in [0.25, 0.3) is 0 Å². The highest BCUT2D eigenvalue weighted by atomic mass is 16.5. The lowest BCUT2D eigenvalue weighted by Gasteiger charge is -2.14. The molecule has 0 amide bonds. The molecule has 4 nitrogen and oxygen atoms in total. The number of pyridine rings is 1. The normalized spacial score (nSPS) is 12.1. The minimum Gasteiger partial charge on any atom is -0.470 e. The Kier molecular flexibility index (Phi) is 3.14. The van der Waals surface area contributed by atoms with Gasteiger partial charge in [0.25, 0.3) is 0 Å². The Balaban J connectivity index is 2.13. The molecule has 1 unspecified atom stereocenters. The number of ether oxygens (including phenoxy) is 1. The topological polar surface area (TPSA) is 74.2 Å². The fourth-order valence-corrected chi connectivity index (χ4v) is 1.51. The fraction of sp³-hybridized carbons (Fsp3) is 0.154. The lowest BCUT2D eigenvalue weighted by molar-refractivity contribution is 0.218. The van der Waals surface area contributed by atoms with E-state index in [0.717, 1.165) is 5.56 Å². The van der Waals surface area contributed by atoms with Gasteiger partial charge in [0, 0.05) is 6.07 Å². The molecule has 17 heavy (non-hydrogen) atoms. The summed E-state index contributed by atoms with van der Waals surface area (Å²) in [5.74, 6) is 0.774. The van der Waals surface area contributed by atoms with Crippen LogP contribution in [0.1, 0.15) is 18.6 Å². The predicted octanol–water partition coefficient (Wildman–Crippen LogP) is 2.39. The van der Waals surface area contributed by atoms with Gasteiger partial charge < -0.3 is 16.2 Å². The summed E-state index contributed by atoms with van der Waals surface area (Å²) in [6.45, 7) is 1.96. The molecular formula is C13H15N3O. The van der Waals surface area contributed by atoms with Gasteiger partial charge in [-0.2, -0.15) is 4.98 Å². The third kappa shape index (κ3) is 2.66. The maximum atomic E-state index is 5.69. The lowest BCUT2D eigenvalue weighted by Crippen LogP contribution is -2.06. The number of hydrogen-bond donors (Lipinski definition) is 2. The van der Waals surface area contributed by atoms with E-state index < -0.39 is 0 Å². The monoisotopic (exact) mass is 229 g/mol. The van der Waals surface area contributed by atoms with Crippen molar-refractivity contribution in [1.29, 1.82) is 0 Å². The lowest BCUT2D eigenvalue weighted by atomic mass is 10.1. The molecule has 0 spiro atoms. The summed E-state index contributed by atoms with van der Waals surface area (Å²) in [5.41, 5.74) is 12.8. The van der Waals surface area contributed by atoms with Crippen LogP contribution in [0.3, 0.4) is 0 Å². The number of aromatic nitrogens is 1. The van der Waals surface area contributed by atoms with Gasteiger partial charge in [-0.05, 0) is 18.6 Å². The molecule has 0 bridgehead atoms. The van der Waals surface area contributed by atoms with Crippen LogP contribution in [0.4, 0.5) is 11.5 Å². The molecule has 2 rings (SSSR count). The molecule has 1 aromatic carbocycles. The van der Waals surface area contributed by atoms with Crippen LogP contribution in [0.2, 0.25) is 0 Å². The van der Waals surface area contributed by atoms with Gasteiger partial charge in [0.1, 0.15) is 6.10 Å². The number of nitrogen functional groups attached to an aromatic ring is 2. The molecule has 0 aliphatic rings. The molecule has 1 heterocycles. The minimum absolute atomic E-state index is 0.0771. The second-order valence-electron chi connectivity index (χ2n) is 3.79. The summed E-state index contributed by atoms with van der Waals surface area (Å²) >= 11 is 0. The summed E-state index contributed by atoms with van der Waals surface area (Å²) in [7, 11) is 0. The van der Waals surface area contributed by atoms with Crippen LogP contribution in [0.15, 0.2) is 42.5 Å². The van der Waals surface area contributed by atoms with Crippen LogP contribution < -0.4 is 16.2 Å². The van der Waals surface area contributed by atoms with Crippen molar-refractivity contribution in [3.8, 4) is 5.88 Å². The number of nitrogens with two attached hydrogens (primary N) is 2. The van der Waals surface area contributed by atoms with Crippen molar-refractivity contribution < 1.29 is 4.74 Å². The third-order valence-corrected chi connectivity index (χ3v) is 2.50. The van der Waals surface area contributed by atoms with Gasteiger partial charge in [-0.1, -0.05) is 30.3 Å². The van der Waals surface area contributed by atoms with Gasteiger partial charge in [0.15, 0.2) is 5.82 Å². The maximum Gasteiger partial charge on any atom is 0.215 e. The molecule has 0 saturated heterocycles. The largest absolute Gasteiger partial charge is 0.470 e. The molecule has 4 N–H and O–H groups in total. The van der Waals surface area contributed by atoms with Crippen molar-refractivity contribution in [3.63, 3.8) is 0 Å². The number of nitrogens with zero attached hydrogens (tertiary/aromatic N) is 1. The Hall–Kier alpha value is -2.23. The zero-order valence-electron chi connectivity index (χ0n) is 9.63. The minimum atomic E-state index is -0.0771. The van der Waals surface area contributed by atoms with E-state index in [1.165, 1.54) is 0 Å². The highest BCUT2D eigenvalue weighted by Crippen LogP contribution is 2.22. The summed E-state index contributed by atoms with van der Waals surface area (Å²) in [4.78, 5) is 4.07. The van der Waals surface area contributed by atoms with Crippen molar-refractivity contribution in [3.05, 3.63) is 48.0 Å². The SMILES string of the molecule is CC(Oc1ccc(N)c(N)n1)c1ccccc1. The van der Waals surface area contributed by atoms with Gasteiger partial charge in [-0.3, -0.25) is 0 Å². The molecule has 1 atom stereocenters. The molecule has 0 radical (unpaired) electrons. The first kappa shape index (κ1) is 11.3. The van der Waals surface area contributed by atoms with Crippen molar-refractivity contribution in [2.24, 2.45) is 0 Å². The van der Waals surface area contributed by atoms with Gasteiger partial charge in [0.2, 0.25) is 5.88 Å². The zero-order chi connectivity index (χ0) is 12.3. The molecule has 1 aromatic heterocycles. The molecule has 0 aliphatic heterocycles. The van der Waals surface area contributed by atoms with Crippen LogP contribution in [0, 0.1) is 0 Å². The quantitative estimate of drug-likeness (QED) is 0.847. The molecular weight excluding hydrogens is 214 g/mol. The van der Waals surface area contributed by atoms with Crippen molar-refractivity contribution >= 4 is 11.5 Å². The Morgan fingerprint density at radius 3 is 2.41 bits per heavy atom. The second kappa shape index (κ2) is 4.74. The van der Waals surface area contributed by atoms with Gasteiger partial charge in [0.05, 0.1) is 5.69 Å². The van der Waals surface area contributed by atoms with Crippen LogP contribution in [-0.2, 0) is 0 Å². The van der Waals surface area contributed by atoms with E-state index in [2.05, 4.69) is 4.98 Å². The van der Waals surface area contributed by atoms with E-state index >= 15 is 0 Å². The van der Waals surface area contributed by atoms with Crippen molar-refractivity contribution in [1.82, 2.24) is 4.98 Å². The average Bonchev–Trinajstić information content (AvgIpc) is 2.35. The van der Waals surface area contributed by atoms with E-state index in [1.807, 2.05) is 37.3 Å². The Labute approximate surface area is 100 Å². The first-order valence-electron chi connectivity index (χ1n) is 5.40. The average molecular weight is 229 g/mol. The van der Waals surface area contributed by atoms with E-state index in [9.17, 15) is 0 Å². The number of benzene rings is 1. The second-order valence-corrected chi connectivity index (χ2v) is 3.79. The molecule has 0 aliphatic carbocycles. The first-order chi connectivity index (χ1) is 8.16. The van der Waals surface area contributed by atoms with Crippen LogP contribution in [0.5, 0.6) is 5.88 Å². The molecule has 4 heteroatoms. The Morgan fingerprint density at radius 1 is 1.06 bits per heavy atom. The van der Waals surface area contributed by atoms with Gasteiger partial charge in [-0.15, -0.1) is 0 Å². The van der Waals surface area contributed by atoms with Crippen molar-refractivity contribution in [2.45, 2.75) is 13.0 Å². The number of hydrogen-bond acceptors (Lipinski definition) is 4. The standard InChI is InChI=1S/C13H15N3O/c1-9(10-5-3-2-4-6-10)17-12-8-7-11(14)13(15)16-12/h2-9H,14H2,1H3,(H2,15,16). The summed E-state index contributed by atoms with van der Waals surface area (Å²) < 4.78 is 5.69. The number of anilines is 2. The van der Waals surface area contributed by atoms with Gasteiger partial charge in [-0.25, -0.2) is 0 Å². The Bertz CT molecular complexity index is 499. The highest BCUT2D eigenvalue weighted by Gasteiger charge is 2.08. The highest BCUT2D eigenvalue weighted by molar-refractivity contribution is 5.58. The van der Waals surface area contributed by atoms with E-state index in [4.69, 9.17) is 16.2 Å².